The van der Waals surface area contributed by atoms with Crippen LogP contribution in [0.15, 0.2) is 66.7 Å². The molecule has 3 N–H and O–H groups in total. The molecular weight excluding hydrogens is 632 g/mol. The Hall–Kier alpha value is -5.01. The van der Waals surface area contributed by atoms with Crippen molar-refractivity contribution in [3.8, 4) is 11.1 Å². The number of ether oxygens (including phenoxy) is 3. The van der Waals surface area contributed by atoms with Crippen LogP contribution < -0.4 is 5.32 Å². The lowest BCUT2D eigenvalue weighted by molar-refractivity contribution is -0.178. The minimum atomic E-state index is -1.69. The van der Waals surface area contributed by atoms with Gasteiger partial charge < -0.3 is 29.8 Å². The zero-order valence-electron chi connectivity index (χ0n) is 26.0. The van der Waals surface area contributed by atoms with Crippen molar-refractivity contribution in [2.75, 3.05) is 13.9 Å². The van der Waals surface area contributed by atoms with E-state index in [0.29, 0.717) is 15.4 Å². The van der Waals surface area contributed by atoms with Gasteiger partial charge in [0.1, 0.15) is 11.0 Å². The minimum Gasteiger partial charge on any atom is -0.469 e. The number of nitrogens with zero attached hydrogens (tertiary/aromatic N) is 3. The van der Waals surface area contributed by atoms with Crippen LogP contribution in [0.2, 0.25) is 5.02 Å². The highest BCUT2D eigenvalue weighted by Crippen LogP contribution is 2.24. The van der Waals surface area contributed by atoms with E-state index in [1.807, 2.05) is 42.5 Å². The van der Waals surface area contributed by atoms with Gasteiger partial charge in [0.2, 0.25) is 6.79 Å². The van der Waals surface area contributed by atoms with E-state index < -0.39 is 48.7 Å². The number of benzene rings is 3. The highest BCUT2D eigenvalue weighted by Gasteiger charge is 2.29. The van der Waals surface area contributed by atoms with Gasteiger partial charge in [-0.15, -0.1) is 5.10 Å². The highest BCUT2D eigenvalue weighted by atomic mass is 35.5. The van der Waals surface area contributed by atoms with Gasteiger partial charge in [-0.1, -0.05) is 66.7 Å². The monoisotopic (exact) mass is 666 g/mol. The molecule has 0 bridgehead atoms. The normalized spacial score (nSPS) is 13.1. The topological polar surface area (TPSA) is 179 Å². The Balaban J connectivity index is 1.44. The van der Waals surface area contributed by atoms with Gasteiger partial charge >= 0.3 is 17.9 Å². The number of aromatic nitrogens is 3. The Labute approximate surface area is 275 Å². The summed E-state index contributed by atoms with van der Waals surface area (Å²) in [6, 6.07) is 18.6. The fourth-order valence-corrected chi connectivity index (χ4v) is 5.05. The molecule has 4 aromatic rings. The zero-order valence-corrected chi connectivity index (χ0v) is 26.7. The van der Waals surface area contributed by atoms with Crippen LogP contribution in [0.3, 0.4) is 0 Å². The van der Waals surface area contributed by atoms with Crippen molar-refractivity contribution >= 4 is 46.4 Å². The third kappa shape index (κ3) is 9.50. The minimum absolute atomic E-state index is 0.187. The quantitative estimate of drug-likeness (QED) is 0.101. The van der Waals surface area contributed by atoms with E-state index in [1.165, 1.54) is 25.3 Å². The van der Waals surface area contributed by atoms with E-state index in [4.69, 9.17) is 21.1 Å². The second kappa shape index (κ2) is 16.0. The molecule has 248 valence electrons. The van der Waals surface area contributed by atoms with E-state index >= 15 is 0 Å². The zero-order chi connectivity index (χ0) is 34.1. The summed E-state index contributed by atoms with van der Waals surface area (Å²) in [6.07, 6.45) is -1.90. The first kappa shape index (κ1) is 34.9. The van der Waals surface area contributed by atoms with Crippen molar-refractivity contribution in [3.63, 3.8) is 0 Å². The number of nitrogens with one attached hydrogen (secondary N) is 1. The average Bonchev–Trinajstić information content (AvgIpc) is 3.42. The first-order chi connectivity index (χ1) is 22.4. The first-order valence-corrected chi connectivity index (χ1v) is 15.1. The molecule has 4 rings (SSSR count). The van der Waals surface area contributed by atoms with Gasteiger partial charge in [-0.3, -0.25) is 14.4 Å². The van der Waals surface area contributed by atoms with E-state index in [0.717, 1.165) is 16.7 Å². The Bertz CT molecular complexity index is 1720. The van der Waals surface area contributed by atoms with Crippen molar-refractivity contribution in [1.82, 2.24) is 20.5 Å². The molecule has 0 fully saturated rings. The number of amides is 1. The average molecular weight is 667 g/mol. The van der Waals surface area contributed by atoms with Gasteiger partial charge in [0.25, 0.3) is 5.91 Å². The summed E-state index contributed by atoms with van der Waals surface area (Å²) in [6.45, 7) is 2.69. The van der Waals surface area contributed by atoms with Crippen molar-refractivity contribution in [2.45, 2.75) is 45.3 Å². The van der Waals surface area contributed by atoms with Crippen LogP contribution in [0.4, 0.5) is 0 Å². The summed E-state index contributed by atoms with van der Waals surface area (Å²) in [4.78, 5) is 50.6. The first-order valence-electron chi connectivity index (χ1n) is 14.7. The fraction of sp³-hybridized carbons (Fsp3) is 0.333. The maximum absolute atomic E-state index is 13.3. The number of methoxy groups -OCH3 is 1. The summed E-state index contributed by atoms with van der Waals surface area (Å²) in [7, 11) is 1.21. The van der Waals surface area contributed by atoms with Crippen LogP contribution in [0.25, 0.3) is 22.2 Å². The lowest BCUT2D eigenvalue weighted by Crippen LogP contribution is -2.41. The Morgan fingerprint density at radius 3 is 2.36 bits per heavy atom. The van der Waals surface area contributed by atoms with Crippen LogP contribution in [0.5, 0.6) is 0 Å². The van der Waals surface area contributed by atoms with E-state index in [-0.39, 0.29) is 36.3 Å². The molecule has 0 saturated heterocycles. The molecule has 1 heterocycles. The molecule has 3 atom stereocenters. The summed E-state index contributed by atoms with van der Waals surface area (Å²) in [5.74, 6) is -4.00. The van der Waals surface area contributed by atoms with Crippen LogP contribution in [0, 0.1) is 11.8 Å². The second-order valence-corrected chi connectivity index (χ2v) is 11.6. The van der Waals surface area contributed by atoms with Crippen LogP contribution in [0.1, 0.15) is 42.6 Å². The molecule has 0 saturated carbocycles. The third-order valence-electron chi connectivity index (χ3n) is 7.52. The molecule has 0 aliphatic rings. The lowest BCUT2D eigenvalue weighted by atomic mass is 9.93. The number of esters is 3. The summed E-state index contributed by atoms with van der Waals surface area (Å²) < 4.78 is 14.6. The van der Waals surface area contributed by atoms with Crippen molar-refractivity contribution in [1.29, 1.82) is 0 Å². The molecule has 14 heteroatoms. The number of hydrogen-bond acceptors (Lipinski definition) is 11. The number of hydrogen-bond donors (Lipinski definition) is 3. The molecule has 0 aliphatic carbocycles. The third-order valence-corrected chi connectivity index (χ3v) is 7.76. The predicted molar refractivity (Wildman–Crippen MR) is 169 cm³/mol. The maximum Gasteiger partial charge on any atom is 0.337 e. The maximum atomic E-state index is 13.3. The molecule has 1 aromatic heterocycles. The molecule has 3 aromatic carbocycles. The number of halogens is 1. The molecule has 0 radical (unpaired) electrons. The van der Waals surface area contributed by atoms with Gasteiger partial charge in [0.15, 0.2) is 6.10 Å². The van der Waals surface area contributed by atoms with Gasteiger partial charge in [-0.05, 0) is 64.6 Å². The van der Waals surface area contributed by atoms with E-state index in [9.17, 15) is 29.5 Å². The van der Waals surface area contributed by atoms with Crippen molar-refractivity contribution < 1.29 is 43.7 Å². The van der Waals surface area contributed by atoms with Crippen LogP contribution in [-0.2, 0) is 35.0 Å². The molecule has 47 heavy (non-hydrogen) atoms. The summed E-state index contributed by atoms with van der Waals surface area (Å²) in [5.41, 5.74) is 3.43. The Morgan fingerprint density at radius 1 is 0.957 bits per heavy atom. The highest BCUT2D eigenvalue weighted by molar-refractivity contribution is 6.30. The number of aliphatic hydroxyl groups is 1. The SMILES string of the molecule is COC(=O)C[C@@H](C(=O)OCOC(=O)[C@H](O)C[C@@H](Cc1ccc(-c2cccc(Cl)c2)cc1)NC(=O)c1ccc2nnn(O)c2c1)C(C)C. The fourth-order valence-electron chi connectivity index (χ4n) is 4.86. The van der Waals surface area contributed by atoms with Gasteiger partial charge in [-0.2, -0.15) is 0 Å². The van der Waals surface area contributed by atoms with Gasteiger partial charge in [0.05, 0.1) is 19.4 Å². The molecular formula is C33H35ClN4O9. The lowest BCUT2D eigenvalue weighted by Gasteiger charge is -2.22. The van der Waals surface area contributed by atoms with E-state index in [2.05, 4.69) is 20.4 Å². The van der Waals surface area contributed by atoms with Gasteiger partial charge in [0, 0.05) is 23.0 Å². The Morgan fingerprint density at radius 2 is 1.68 bits per heavy atom. The van der Waals surface area contributed by atoms with Crippen LogP contribution in [-0.4, -0.2) is 75.3 Å². The molecule has 0 spiro atoms. The number of carbonyl (C=O) groups is 4. The number of rotatable bonds is 14. The predicted octanol–water partition coefficient (Wildman–Crippen LogP) is 3.96. The van der Waals surface area contributed by atoms with Gasteiger partial charge in [-0.25, -0.2) is 4.79 Å². The standard InChI is InChI=1S/C33H35ClN4O9/c1-19(2)26(17-30(40)45-3)32(42)46-18-47-33(43)29(39)16-25(35-31(41)23-11-12-27-28(15-23)38(44)37-36-27)13-20-7-9-21(10-8-20)22-5-4-6-24(34)14-22/h4-12,14-15,19,25-26,29,39,44H,13,16-18H2,1-3H3,(H,35,41)/t25-,26-,29-/m1/s1. The van der Waals surface area contributed by atoms with Crippen molar-refractivity contribution in [3.05, 3.63) is 82.9 Å². The number of fused-ring (bicyclic) bond motifs is 1. The van der Waals surface area contributed by atoms with Crippen LogP contribution >= 0.6 is 11.6 Å². The number of aliphatic hydroxyl groups excluding tert-OH is 1. The molecule has 1 amide bonds. The second-order valence-electron chi connectivity index (χ2n) is 11.2. The van der Waals surface area contributed by atoms with Crippen molar-refractivity contribution in [2.24, 2.45) is 11.8 Å². The Kier molecular flexibility index (Phi) is 11.9. The molecule has 0 aliphatic heterocycles. The summed E-state index contributed by atoms with van der Waals surface area (Å²) in [5, 5.41) is 31.4. The largest absolute Gasteiger partial charge is 0.469 e. The number of carbonyl (C=O) groups excluding carboxylic acids is 4. The summed E-state index contributed by atoms with van der Waals surface area (Å²) >= 11 is 6.13. The molecule has 0 unspecified atom stereocenters. The van der Waals surface area contributed by atoms with E-state index in [1.54, 1.807) is 19.9 Å². The smallest absolute Gasteiger partial charge is 0.337 e. The molecule has 13 nitrogen and oxygen atoms in total.